The van der Waals surface area contributed by atoms with Crippen LogP contribution in [0.25, 0.3) is 0 Å². The summed E-state index contributed by atoms with van der Waals surface area (Å²) in [7, 11) is 2.31. The lowest BCUT2D eigenvalue weighted by Crippen LogP contribution is -2.43. The minimum absolute atomic E-state index is 0.769. The van der Waals surface area contributed by atoms with Gasteiger partial charge in [0.05, 0.1) is 0 Å². The average Bonchev–Trinajstić information content (AvgIpc) is 3.02. The molecular formula is C14H28N2. The highest BCUT2D eigenvalue weighted by atomic mass is 15.1. The molecule has 0 saturated heterocycles. The van der Waals surface area contributed by atoms with Gasteiger partial charge in [-0.25, -0.2) is 0 Å². The molecule has 94 valence electrons. The molecule has 2 nitrogen and oxygen atoms in total. The Bertz CT molecular complexity index is 197. The number of nitrogens with zero attached hydrogens (tertiary/aromatic N) is 1. The molecule has 2 aliphatic carbocycles. The van der Waals surface area contributed by atoms with Crippen molar-refractivity contribution in [3.63, 3.8) is 0 Å². The fraction of sp³-hybridized carbons (Fsp3) is 1.00. The molecule has 1 N–H and O–H groups in total. The summed E-state index contributed by atoms with van der Waals surface area (Å²) in [6.45, 7) is 6.05. The predicted molar refractivity (Wildman–Crippen MR) is 69.6 cm³/mol. The zero-order valence-corrected chi connectivity index (χ0v) is 11.0. The summed E-state index contributed by atoms with van der Waals surface area (Å²) >= 11 is 0. The molecule has 1 unspecified atom stereocenters. The first-order valence-electron chi connectivity index (χ1n) is 7.21. The molecule has 2 fully saturated rings. The number of hydrogen-bond donors (Lipinski definition) is 1. The summed E-state index contributed by atoms with van der Waals surface area (Å²) in [6.07, 6.45) is 8.59. The van der Waals surface area contributed by atoms with Gasteiger partial charge in [0.25, 0.3) is 0 Å². The minimum atomic E-state index is 0.769. The Kier molecular flexibility index (Phi) is 4.66. The van der Waals surface area contributed by atoms with E-state index < -0.39 is 0 Å². The Balaban J connectivity index is 1.66. The average molecular weight is 224 g/mol. The molecule has 16 heavy (non-hydrogen) atoms. The summed E-state index contributed by atoms with van der Waals surface area (Å²) in [6, 6.07) is 0.769. The van der Waals surface area contributed by atoms with E-state index in [1.54, 1.807) is 0 Å². The van der Waals surface area contributed by atoms with Gasteiger partial charge in [-0.15, -0.1) is 0 Å². The predicted octanol–water partition coefficient (Wildman–Crippen LogP) is 2.50. The van der Waals surface area contributed by atoms with Gasteiger partial charge in [0.15, 0.2) is 0 Å². The lowest BCUT2D eigenvalue weighted by Gasteiger charge is -2.32. The van der Waals surface area contributed by atoms with E-state index in [2.05, 4.69) is 24.2 Å². The highest BCUT2D eigenvalue weighted by molar-refractivity contribution is 4.88. The van der Waals surface area contributed by atoms with Crippen LogP contribution in [-0.4, -0.2) is 37.6 Å². The minimum Gasteiger partial charge on any atom is -0.312 e. The third-order valence-electron chi connectivity index (χ3n) is 4.15. The lowest BCUT2D eigenvalue weighted by atomic mass is 9.85. The van der Waals surface area contributed by atoms with Crippen molar-refractivity contribution < 1.29 is 0 Å². The zero-order chi connectivity index (χ0) is 11.4. The quantitative estimate of drug-likeness (QED) is 0.681. The molecule has 2 aliphatic rings. The van der Waals surface area contributed by atoms with Gasteiger partial charge in [-0.1, -0.05) is 13.3 Å². The molecule has 0 aromatic rings. The molecule has 0 spiro atoms. The number of nitrogens with one attached hydrogen (secondary N) is 1. The molecule has 2 saturated carbocycles. The van der Waals surface area contributed by atoms with Crippen LogP contribution >= 0.6 is 0 Å². The van der Waals surface area contributed by atoms with E-state index >= 15 is 0 Å². The van der Waals surface area contributed by atoms with Crippen molar-refractivity contribution >= 4 is 0 Å². The Morgan fingerprint density at radius 2 is 2.00 bits per heavy atom. The third-order valence-corrected chi connectivity index (χ3v) is 4.15. The fourth-order valence-corrected chi connectivity index (χ4v) is 2.74. The van der Waals surface area contributed by atoms with Gasteiger partial charge in [-0.2, -0.15) is 0 Å². The van der Waals surface area contributed by atoms with E-state index in [1.165, 1.54) is 58.2 Å². The Labute approximate surface area is 101 Å². The summed E-state index contributed by atoms with van der Waals surface area (Å²) in [4.78, 5) is 2.56. The van der Waals surface area contributed by atoms with Crippen molar-refractivity contribution in [2.75, 3.05) is 26.7 Å². The van der Waals surface area contributed by atoms with E-state index in [9.17, 15) is 0 Å². The van der Waals surface area contributed by atoms with Crippen molar-refractivity contribution in [1.82, 2.24) is 10.2 Å². The second kappa shape index (κ2) is 6.02. The lowest BCUT2D eigenvalue weighted by molar-refractivity contribution is 0.186. The van der Waals surface area contributed by atoms with Crippen molar-refractivity contribution in [2.24, 2.45) is 11.8 Å². The van der Waals surface area contributed by atoms with E-state index in [0.29, 0.717) is 0 Å². The van der Waals surface area contributed by atoms with Crippen molar-refractivity contribution in [3.8, 4) is 0 Å². The highest BCUT2D eigenvalue weighted by Crippen LogP contribution is 2.33. The van der Waals surface area contributed by atoms with Crippen LogP contribution in [-0.2, 0) is 0 Å². The van der Waals surface area contributed by atoms with Crippen molar-refractivity contribution in [2.45, 2.75) is 51.5 Å². The maximum Gasteiger partial charge on any atom is 0.0223 e. The van der Waals surface area contributed by atoms with Crippen LogP contribution in [0.4, 0.5) is 0 Å². The molecule has 0 amide bonds. The van der Waals surface area contributed by atoms with E-state index in [1.807, 2.05) is 0 Å². The van der Waals surface area contributed by atoms with E-state index in [4.69, 9.17) is 0 Å². The summed E-state index contributed by atoms with van der Waals surface area (Å²) in [5, 5.41) is 3.73. The van der Waals surface area contributed by atoms with Crippen LogP contribution in [0.3, 0.4) is 0 Å². The van der Waals surface area contributed by atoms with Crippen LogP contribution < -0.4 is 5.32 Å². The summed E-state index contributed by atoms with van der Waals surface area (Å²) in [5.41, 5.74) is 0. The molecule has 2 heteroatoms. The fourth-order valence-electron chi connectivity index (χ4n) is 2.74. The topological polar surface area (TPSA) is 15.3 Å². The Morgan fingerprint density at radius 3 is 2.50 bits per heavy atom. The van der Waals surface area contributed by atoms with E-state index in [0.717, 1.165) is 17.9 Å². The van der Waals surface area contributed by atoms with Crippen molar-refractivity contribution in [1.29, 1.82) is 0 Å². The molecule has 0 radical (unpaired) electrons. The number of hydrogen-bond acceptors (Lipinski definition) is 2. The molecule has 2 rings (SSSR count). The van der Waals surface area contributed by atoms with Gasteiger partial charge in [-0.3, -0.25) is 0 Å². The first kappa shape index (κ1) is 12.4. The van der Waals surface area contributed by atoms with E-state index in [-0.39, 0.29) is 0 Å². The monoisotopic (exact) mass is 224 g/mol. The third kappa shape index (κ3) is 3.74. The van der Waals surface area contributed by atoms with Gasteiger partial charge in [0.2, 0.25) is 0 Å². The molecule has 0 bridgehead atoms. The number of rotatable bonds is 8. The summed E-state index contributed by atoms with van der Waals surface area (Å²) < 4.78 is 0. The van der Waals surface area contributed by atoms with Crippen LogP contribution in [0.1, 0.15) is 45.4 Å². The molecule has 0 heterocycles. The van der Waals surface area contributed by atoms with Crippen LogP contribution in [0.2, 0.25) is 0 Å². The van der Waals surface area contributed by atoms with Gasteiger partial charge in [0.1, 0.15) is 0 Å². The Hall–Kier alpha value is -0.0800. The summed E-state index contributed by atoms with van der Waals surface area (Å²) in [5.74, 6) is 1.99. The zero-order valence-electron chi connectivity index (χ0n) is 11.0. The van der Waals surface area contributed by atoms with Crippen LogP contribution in [0, 0.1) is 11.8 Å². The maximum absolute atomic E-state index is 3.73. The molecular weight excluding hydrogens is 196 g/mol. The maximum atomic E-state index is 3.73. The molecule has 0 aromatic heterocycles. The molecule has 0 aromatic carbocycles. The SMILES string of the molecule is CCCNC(CN(C)CC1CCC1)C1CC1. The van der Waals surface area contributed by atoms with Crippen LogP contribution in [0.5, 0.6) is 0 Å². The largest absolute Gasteiger partial charge is 0.312 e. The Morgan fingerprint density at radius 1 is 1.25 bits per heavy atom. The normalized spacial score (nSPS) is 23.4. The standard InChI is InChI=1S/C14H28N2/c1-3-9-15-14(13-7-8-13)11-16(2)10-12-5-4-6-12/h12-15H,3-11H2,1-2H3. The highest BCUT2D eigenvalue weighted by Gasteiger charge is 2.31. The first-order chi connectivity index (χ1) is 7.79. The van der Waals surface area contributed by atoms with Gasteiger partial charge in [0, 0.05) is 19.1 Å². The first-order valence-corrected chi connectivity index (χ1v) is 7.21. The second-order valence-electron chi connectivity index (χ2n) is 5.92. The number of likely N-dealkylation sites (N-methyl/N-ethyl adjacent to an activating group) is 1. The van der Waals surface area contributed by atoms with Crippen molar-refractivity contribution in [3.05, 3.63) is 0 Å². The van der Waals surface area contributed by atoms with Gasteiger partial charge < -0.3 is 10.2 Å². The molecule has 0 aliphatic heterocycles. The van der Waals surface area contributed by atoms with Gasteiger partial charge >= 0.3 is 0 Å². The smallest absolute Gasteiger partial charge is 0.0223 e. The second-order valence-corrected chi connectivity index (χ2v) is 5.92. The van der Waals surface area contributed by atoms with Crippen LogP contribution in [0.15, 0.2) is 0 Å². The molecule has 1 atom stereocenters. The van der Waals surface area contributed by atoms with Gasteiger partial charge in [-0.05, 0) is 57.5 Å².